The maximum atomic E-state index is 12.6. The summed E-state index contributed by atoms with van der Waals surface area (Å²) in [6.07, 6.45) is 0. The van der Waals surface area contributed by atoms with Crippen molar-refractivity contribution in [2.45, 2.75) is 11.7 Å². The zero-order valence-electron chi connectivity index (χ0n) is 14.6. The summed E-state index contributed by atoms with van der Waals surface area (Å²) in [4.78, 5) is 14.9. The van der Waals surface area contributed by atoms with Gasteiger partial charge in [0.15, 0.2) is 0 Å². The average molecular weight is 370 g/mol. The first kappa shape index (κ1) is 17.2. The molecule has 1 amide bonds. The van der Waals surface area contributed by atoms with Crippen molar-refractivity contribution in [2.24, 2.45) is 5.92 Å². The summed E-state index contributed by atoms with van der Waals surface area (Å²) in [5.41, 5.74) is 4.49. The molecule has 5 nitrogen and oxygen atoms in total. The minimum Gasteiger partial charge on any atom is -0.352 e. The molecule has 2 unspecified atom stereocenters. The van der Waals surface area contributed by atoms with E-state index in [1.807, 2.05) is 36.4 Å². The summed E-state index contributed by atoms with van der Waals surface area (Å²) in [6.45, 7) is 2.68. The van der Waals surface area contributed by atoms with Gasteiger partial charge in [-0.25, -0.2) is 8.42 Å². The lowest BCUT2D eigenvalue weighted by Crippen LogP contribution is -2.29. The van der Waals surface area contributed by atoms with E-state index >= 15 is 0 Å². The third-order valence-electron chi connectivity index (χ3n) is 5.42. The Kier molecular flexibility index (Phi) is 4.54. The highest BCUT2D eigenvalue weighted by Crippen LogP contribution is 2.37. The number of amides is 1. The van der Waals surface area contributed by atoms with E-state index in [9.17, 15) is 13.2 Å². The molecule has 0 aromatic heterocycles. The van der Waals surface area contributed by atoms with Gasteiger partial charge in [0.05, 0.1) is 5.75 Å². The molecular formula is C20H22N2O3S. The van der Waals surface area contributed by atoms with E-state index in [2.05, 4.69) is 23.3 Å². The third kappa shape index (κ3) is 3.27. The Labute approximate surface area is 155 Å². The van der Waals surface area contributed by atoms with Gasteiger partial charge in [-0.3, -0.25) is 4.79 Å². The van der Waals surface area contributed by atoms with Crippen LogP contribution in [0, 0.1) is 5.92 Å². The van der Waals surface area contributed by atoms with E-state index in [0.29, 0.717) is 18.4 Å². The van der Waals surface area contributed by atoms with Crippen LogP contribution in [0.1, 0.15) is 27.4 Å². The van der Waals surface area contributed by atoms with Crippen molar-refractivity contribution < 1.29 is 13.2 Å². The highest BCUT2D eigenvalue weighted by Gasteiger charge is 2.36. The molecule has 1 N–H and O–H groups in total. The van der Waals surface area contributed by atoms with Gasteiger partial charge in [0.2, 0.25) is 0 Å². The Hall–Kier alpha value is -2.18. The number of nitrogens with zero attached hydrogens (tertiary/aromatic N) is 1. The van der Waals surface area contributed by atoms with Crippen LogP contribution in [0.3, 0.4) is 0 Å². The summed E-state index contributed by atoms with van der Waals surface area (Å²) < 4.78 is 22.0. The molecule has 0 radical (unpaired) electrons. The van der Waals surface area contributed by atoms with Gasteiger partial charge < -0.3 is 10.2 Å². The fraction of sp³-hybridized carbons (Fsp3) is 0.350. The second kappa shape index (κ2) is 6.85. The predicted molar refractivity (Wildman–Crippen MR) is 102 cm³/mol. The van der Waals surface area contributed by atoms with Crippen molar-refractivity contribution in [1.29, 1.82) is 0 Å². The molecule has 136 valence electrons. The minimum absolute atomic E-state index is 0.0160. The Morgan fingerprint density at radius 3 is 2.73 bits per heavy atom. The monoisotopic (exact) mass is 370 g/mol. The molecule has 2 aromatic rings. The molecule has 2 atom stereocenters. The van der Waals surface area contributed by atoms with Crippen molar-refractivity contribution in [3.05, 3.63) is 59.2 Å². The Morgan fingerprint density at radius 2 is 1.92 bits per heavy atom. The van der Waals surface area contributed by atoms with Crippen LogP contribution in [0.5, 0.6) is 0 Å². The molecule has 2 aliphatic rings. The highest BCUT2D eigenvalue weighted by molar-refractivity contribution is 7.71. The maximum absolute atomic E-state index is 12.6. The Balaban J connectivity index is 1.74. The molecule has 26 heavy (non-hydrogen) atoms. The highest BCUT2D eigenvalue weighted by atomic mass is 32.2. The molecule has 1 fully saturated rings. The number of hydrogen-bond acceptors (Lipinski definition) is 4. The zero-order valence-corrected chi connectivity index (χ0v) is 15.5. The van der Waals surface area contributed by atoms with Gasteiger partial charge in [-0.05, 0) is 41.3 Å². The average Bonchev–Trinajstić information content (AvgIpc) is 2.94. The molecule has 2 aliphatic heterocycles. The van der Waals surface area contributed by atoms with Gasteiger partial charge in [0.1, 0.15) is 10.7 Å². The quantitative estimate of drug-likeness (QED) is 0.810. The number of carbonyl (C=O) groups is 1. The van der Waals surface area contributed by atoms with Crippen LogP contribution in [0.25, 0.3) is 11.1 Å². The first-order valence-corrected chi connectivity index (χ1v) is 10.2. The lowest BCUT2D eigenvalue weighted by atomic mass is 9.86. The second-order valence-corrected chi connectivity index (χ2v) is 8.27. The Morgan fingerprint density at radius 1 is 1.12 bits per heavy atom. The summed E-state index contributed by atoms with van der Waals surface area (Å²) >= 11 is 0. The van der Waals surface area contributed by atoms with Gasteiger partial charge in [-0.1, -0.05) is 36.4 Å². The van der Waals surface area contributed by atoms with E-state index in [1.165, 1.54) is 0 Å². The van der Waals surface area contributed by atoms with Gasteiger partial charge in [0, 0.05) is 31.1 Å². The molecule has 2 aromatic carbocycles. The fourth-order valence-corrected chi connectivity index (χ4v) is 4.71. The van der Waals surface area contributed by atoms with E-state index < -0.39 is 10.7 Å². The number of rotatable bonds is 3. The molecule has 1 saturated heterocycles. The van der Waals surface area contributed by atoms with Crippen LogP contribution in [-0.4, -0.2) is 45.9 Å². The first-order valence-electron chi connectivity index (χ1n) is 8.83. The van der Waals surface area contributed by atoms with Gasteiger partial charge in [0.25, 0.3) is 5.91 Å². The van der Waals surface area contributed by atoms with Crippen LogP contribution in [0.15, 0.2) is 42.5 Å². The second-order valence-electron chi connectivity index (χ2n) is 7.29. The summed E-state index contributed by atoms with van der Waals surface area (Å²) in [7, 11) is -0.334. The first-order chi connectivity index (χ1) is 12.5. The molecule has 6 heteroatoms. The summed E-state index contributed by atoms with van der Waals surface area (Å²) in [6, 6.07) is 13.6. The molecular weight excluding hydrogens is 348 g/mol. The van der Waals surface area contributed by atoms with Crippen LogP contribution in [-0.2, 0) is 16.5 Å². The number of nitrogens with one attached hydrogen (secondary N) is 1. The molecule has 2 heterocycles. The predicted octanol–water partition coefficient (Wildman–Crippen LogP) is 1.85. The number of benzene rings is 2. The maximum Gasteiger partial charge on any atom is 0.251 e. The minimum atomic E-state index is -2.46. The van der Waals surface area contributed by atoms with Gasteiger partial charge in [-0.2, -0.15) is 0 Å². The standard InChI is InChI=1S/C20H22N2O3S/c1-22-10-16-9-21-20(23)18-8-15(5-6-17(18)19(16)11-22)14-4-2-3-13(7-14)12-26(24)25/h2-8,16,19,26H,9-12H2,1H3,(H,21,23). The number of likely N-dealkylation sites (N-methyl/N-ethyl adjacent to an activating group) is 1. The van der Waals surface area contributed by atoms with E-state index in [1.54, 1.807) is 0 Å². The fourth-order valence-electron chi connectivity index (χ4n) is 4.22. The molecule has 0 aliphatic carbocycles. The van der Waals surface area contributed by atoms with Crippen molar-refractivity contribution in [3.8, 4) is 11.1 Å². The number of thiol groups is 1. The lowest BCUT2D eigenvalue weighted by Gasteiger charge is -2.17. The smallest absolute Gasteiger partial charge is 0.251 e. The van der Waals surface area contributed by atoms with E-state index in [-0.39, 0.29) is 11.7 Å². The Bertz CT molecular complexity index is 930. The number of likely N-dealkylation sites (tertiary alicyclic amines) is 1. The van der Waals surface area contributed by atoms with E-state index in [0.717, 1.165) is 40.9 Å². The van der Waals surface area contributed by atoms with Crippen molar-refractivity contribution in [1.82, 2.24) is 10.2 Å². The van der Waals surface area contributed by atoms with Crippen LogP contribution in [0.2, 0.25) is 0 Å². The third-order valence-corrected chi connectivity index (χ3v) is 6.04. The number of fused-ring (bicyclic) bond motifs is 3. The van der Waals surface area contributed by atoms with Crippen LogP contribution < -0.4 is 5.32 Å². The van der Waals surface area contributed by atoms with Gasteiger partial charge in [-0.15, -0.1) is 0 Å². The van der Waals surface area contributed by atoms with Gasteiger partial charge >= 0.3 is 0 Å². The number of carbonyl (C=O) groups excluding carboxylic acids is 1. The van der Waals surface area contributed by atoms with Crippen LogP contribution >= 0.6 is 0 Å². The van der Waals surface area contributed by atoms with E-state index in [4.69, 9.17) is 0 Å². The molecule has 0 saturated carbocycles. The molecule has 0 spiro atoms. The largest absolute Gasteiger partial charge is 0.352 e. The SMILES string of the molecule is CN1CC2CNC(=O)c3cc(-c4cccc(C[SH](=O)=O)c4)ccc3C2C1. The normalized spacial score (nSPS) is 22.6. The summed E-state index contributed by atoms with van der Waals surface area (Å²) in [5.74, 6) is 0.842. The molecule has 4 rings (SSSR count). The van der Waals surface area contributed by atoms with Crippen molar-refractivity contribution >= 4 is 16.6 Å². The summed E-state index contributed by atoms with van der Waals surface area (Å²) in [5, 5.41) is 3.06. The lowest BCUT2D eigenvalue weighted by molar-refractivity contribution is 0.0951. The van der Waals surface area contributed by atoms with Crippen molar-refractivity contribution in [3.63, 3.8) is 0 Å². The molecule has 0 bridgehead atoms. The number of hydrogen-bond donors (Lipinski definition) is 2. The van der Waals surface area contributed by atoms with Crippen molar-refractivity contribution in [2.75, 3.05) is 26.7 Å². The topological polar surface area (TPSA) is 66.5 Å². The zero-order chi connectivity index (χ0) is 18.3. The van der Waals surface area contributed by atoms with Crippen LogP contribution in [0.4, 0.5) is 0 Å².